The van der Waals surface area contributed by atoms with E-state index in [-0.39, 0.29) is 35.3 Å². The zero-order valence-corrected chi connectivity index (χ0v) is 19.9. The number of pyridine rings is 1. The number of carbonyl (C=O) groups excluding carboxylic acids is 1. The number of halogens is 6. The minimum atomic E-state index is -4.62. The van der Waals surface area contributed by atoms with Gasteiger partial charge in [-0.05, 0) is 60.0 Å². The van der Waals surface area contributed by atoms with Crippen LogP contribution in [0, 0.1) is 11.6 Å². The van der Waals surface area contributed by atoms with E-state index in [1.165, 1.54) is 6.07 Å². The van der Waals surface area contributed by atoms with Gasteiger partial charge in [0.05, 0.1) is 10.9 Å². The molecule has 1 fully saturated rings. The van der Waals surface area contributed by atoms with E-state index < -0.39 is 58.1 Å². The van der Waals surface area contributed by atoms with Crippen molar-refractivity contribution in [3.05, 3.63) is 83.7 Å². The van der Waals surface area contributed by atoms with Gasteiger partial charge in [-0.3, -0.25) is 9.78 Å². The van der Waals surface area contributed by atoms with E-state index >= 15 is 0 Å². The molecule has 12 heteroatoms. The number of sulfonamides is 1. The number of nitrogens with zero attached hydrogens (tertiary/aromatic N) is 2. The van der Waals surface area contributed by atoms with Gasteiger partial charge in [0.15, 0.2) is 5.78 Å². The molecule has 0 spiro atoms. The number of carbonyl (C=O) groups is 1. The first-order valence-electron chi connectivity index (χ1n) is 11.1. The van der Waals surface area contributed by atoms with Crippen LogP contribution in [0.4, 0.5) is 26.3 Å². The Morgan fingerprint density at radius 1 is 0.973 bits per heavy atom. The first-order valence-corrected chi connectivity index (χ1v) is 12.6. The molecule has 2 heterocycles. The minimum absolute atomic E-state index is 0.0183. The minimum Gasteiger partial charge on any atom is -0.298 e. The fraction of sp³-hybridized carbons (Fsp3) is 0.280. The van der Waals surface area contributed by atoms with Crippen LogP contribution in [0.25, 0.3) is 11.1 Å². The monoisotopic (exact) mass is 542 g/mol. The average molecular weight is 543 g/mol. The van der Waals surface area contributed by atoms with Crippen LogP contribution in [0.15, 0.2) is 65.7 Å². The summed E-state index contributed by atoms with van der Waals surface area (Å²) in [7, 11) is -4.27. The quantitative estimate of drug-likeness (QED) is 0.378. The Kier molecular flexibility index (Phi) is 7.43. The second kappa shape index (κ2) is 10.3. The third-order valence-electron chi connectivity index (χ3n) is 6.00. The number of Topliss-reactive ketones (excluding diaryl/α,β-unsaturated/α-hetero) is 1. The lowest BCUT2D eigenvalue weighted by atomic mass is 9.98. The van der Waals surface area contributed by atoms with Crippen LogP contribution in [-0.2, 0) is 27.4 Å². The van der Waals surface area contributed by atoms with Gasteiger partial charge in [0.1, 0.15) is 23.5 Å². The number of hydrogen-bond acceptors (Lipinski definition) is 4. The van der Waals surface area contributed by atoms with Gasteiger partial charge in [0, 0.05) is 31.1 Å². The third-order valence-corrected chi connectivity index (χ3v) is 7.89. The van der Waals surface area contributed by atoms with E-state index in [0.29, 0.717) is 5.56 Å². The lowest BCUT2D eigenvalue weighted by molar-refractivity contribution is -0.141. The van der Waals surface area contributed by atoms with Crippen LogP contribution < -0.4 is 0 Å². The molecule has 0 N–H and O–H groups in total. The molecule has 1 saturated heterocycles. The van der Waals surface area contributed by atoms with Crippen molar-refractivity contribution in [3.8, 4) is 11.1 Å². The van der Waals surface area contributed by atoms with E-state index in [1.54, 1.807) is 0 Å². The molecule has 0 bridgehead atoms. The van der Waals surface area contributed by atoms with Gasteiger partial charge >= 0.3 is 6.18 Å². The van der Waals surface area contributed by atoms with Gasteiger partial charge in [-0.15, -0.1) is 0 Å². The summed E-state index contributed by atoms with van der Waals surface area (Å²) < 4.78 is 107. The van der Waals surface area contributed by atoms with Crippen LogP contribution >= 0.6 is 0 Å². The molecule has 0 amide bonds. The predicted molar refractivity (Wildman–Crippen MR) is 122 cm³/mol. The molecule has 0 saturated carbocycles. The zero-order chi connectivity index (χ0) is 27.0. The molecule has 5 nitrogen and oxygen atoms in total. The van der Waals surface area contributed by atoms with Crippen molar-refractivity contribution in [3.63, 3.8) is 0 Å². The van der Waals surface area contributed by atoms with Crippen molar-refractivity contribution in [2.45, 2.75) is 42.5 Å². The fourth-order valence-electron chi connectivity index (χ4n) is 4.18. The number of ketones is 1. The van der Waals surface area contributed by atoms with Crippen LogP contribution in [-0.4, -0.2) is 42.2 Å². The van der Waals surface area contributed by atoms with Gasteiger partial charge in [-0.1, -0.05) is 12.1 Å². The predicted octanol–water partition coefficient (Wildman–Crippen LogP) is 5.35. The molecular formula is C25H20F6N2O3S. The number of alkyl halides is 4. The summed E-state index contributed by atoms with van der Waals surface area (Å²) in [6.45, 7) is -0.527. The van der Waals surface area contributed by atoms with Crippen molar-refractivity contribution in [2.75, 3.05) is 6.54 Å². The van der Waals surface area contributed by atoms with Crippen molar-refractivity contribution < 1.29 is 39.6 Å². The van der Waals surface area contributed by atoms with Crippen molar-refractivity contribution in [2.24, 2.45) is 0 Å². The first kappa shape index (κ1) is 26.8. The summed E-state index contributed by atoms with van der Waals surface area (Å²) in [5, 5.41) is 0. The number of benzene rings is 2. The molecule has 2 atom stereocenters. The van der Waals surface area contributed by atoms with Crippen LogP contribution in [0.5, 0.6) is 0 Å². The Morgan fingerprint density at radius 2 is 1.68 bits per heavy atom. The van der Waals surface area contributed by atoms with Crippen LogP contribution in [0.3, 0.4) is 0 Å². The summed E-state index contributed by atoms with van der Waals surface area (Å²) in [6.07, 6.45) is -5.83. The largest absolute Gasteiger partial charge is 0.433 e. The van der Waals surface area contributed by atoms with E-state index in [9.17, 15) is 39.6 Å². The molecule has 1 aliphatic rings. The van der Waals surface area contributed by atoms with Crippen LogP contribution in [0.2, 0.25) is 0 Å². The number of rotatable bonds is 7. The summed E-state index contributed by atoms with van der Waals surface area (Å²) in [4.78, 5) is 16.0. The highest BCUT2D eigenvalue weighted by Crippen LogP contribution is 2.31. The molecule has 1 aromatic heterocycles. The first-order chi connectivity index (χ1) is 17.3. The molecule has 4 rings (SSSR count). The fourth-order valence-corrected chi connectivity index (χ4v) is 5.83. The highest BCUT2D eigenvalue weighted by atomic mass is 32.2. The van der Waals surface area contributed by atoms with Crippen LogP contribution in [0.1, 0.15) is 24.1 Å². The Balaban J connectivity index is 1.50. The van der Waals surface area contributed by atoms with Gasteiger partial charge in [0.25, 0.3) is 0 Å². The molecule has 0 unspecified atom stereocenters. The number of aromatic nitrogens is 1. The zero-order valence-electron chi connectivity index (χ0n) is 19.1. The molecule has 1 aliphatic heterocycles. The molecule has 2 aromatic carbocycles. The highest BCUT2D eigenvalue weighted by molar-refractivity contribution is 7.89. The normalized spacial score (nSPS) is 18.8. The molecule has 37 heavy (non-hydrogen) atoms. The maximum atomic E-state index is 14.2. The topological polar surface area (TPSA) is 67.3 Å². The standard InChI is InChI=1S/C25H20F6N2O3S/c26-18-3-5-21(6-4-18)37(35,36)33-14-20(28)12-22(33)23(34)7-1-15-9-17(11-19(27)10-15)16-2-8-24(32-13-16)25(29,30)31/h2-6,8-11,13,20,22H,1,7,12,14H2/t20-,22+/m1/s1. The second-order valence-corrected chi connectivity index (χ2v) is 10.5. The molecule has 0 radical (unpaired) electrons. The maximum absolute atomic E-state index is 14.2. The van der Waals surface area contributed by atoms with Crippen molar-refractivity contribution >= 4 is 15.8 Å². The molecule has 0 aliphatic carbocycles. The maximum Gasteiger partial charge on any atom is 0.433 e. The lowest BCUT2D eigenvalue weighted by Crippen LogP contribution is -2.40. The lowest BCUT2D eigenvalue weighted by Gasteiger charge is -2.23. The third kappa shape index (κ3) is 6.02. The molecule has 196 valence electrons. The highest BCUT2D eigenvalue weighted by Gasteiger charge is 2.43. The molecule has 3 aromatic rings. The van der Waals surface area contributed by atoms with E-state index in [0.717, 1.165) is 59.0 Å². The second-order valence-electron chi connectivity index (χ2n) is 8.62. The SMILES string of the molecule is O=C(CCc1cc(F)cc(-c2ccc(C(F)(F)F)nc2)c1)[C@@H]1C[C@@H](F)CN1S(=O)(=O)c1ccc(F)cc1. The smallest absolute Gasteiger partial charge is 0.298 e. The summed E-state index contributed by atoms with van der Waals surface area (Å²) >= 11 is 0. The number of hydrogen-bond donors (Lipinski definition) is 0. The van der Waals surface area contributed by atoms with Gasteiger partial charge in [0.2, 0.25) is 10.0 Å². The van der Waals surface area contributed by atoms with Gasteiger partial charge in [-0.2, -0.15) is 17.5 Å². The Labute approximate surface area is 208 Å². The Bertz CT molecular complexity index is 1390. The Morgan fingerprint density at radius 3 is 2.30 bits per heavy atom. The van der Waals surface area contributed by atoms with E-state index in [4.69, 9.17) is 0 Å². The van der Waals surface area contributed by atoms with Gasteiger partial charge in [-0.25, -0.2) is 21.6 Å². The summed E-state index contributed by atoms with van der Waals surface area (Å²) in [6, 6.07) is 8.33. The van der Waals surface area contributed by atoms with Crippen molar-refractivity contribution in [1.29, 1.82) is 0 Å². The molecular weight excluding hydrogens is 522 g/mol. The Hall–Kier alpha value is -3.25. The number of aryl methyl sites for hydroxylation is 1. The summed E-state index contributed by atoms with van der Waals surface area (Å²) in [5.74, 6) is -1.92. The van der Waals surface area contributed by atoms with Crippen molar-refractivity contribution in [1.82, 2.24) is 9.29 Å². The van der Waals surface area contributed by atoms with E-state index in [2.05, 4.69) is 4.98 Å². The van der Waals surface area contributed by atoms with Gasteiger partial charge < -0.3 is 0 Å². The average Bonchev–Trinajstić information content (AvgIpc) is 3.25. The van der Waals surface area contributed by atoms with E-state index in [1.807, 2.05) is 0 Å². The summed E-state index contributed by atoms with van der Waals surface area (Å²) in [5.41, 5.74) is -0.283.